The van der Waals surface area contributed by atoms with Gasteiger partial charge in [0.05, 0.1) is 12.2 Å². The van der Waals surface area contributed by atoms with Crippen LogP contribution in [0.4, 0.5) is 0 Å². The van der Waals surface area contributed by atoms with Gasteiger partial charge < -0.3 is 9.47 Å². The lowest BCUT2D eigenvalue weighted by Crippen LogP contribution is -2.10. The van der Waals surface area contributed by atoms with Crippen LogP contribution in [0.5, 0.6) is 0 Å². The topological polar surface area (TPSA) is 48.4 Å². The molecule has 0 amide bonds. The Bertz CT molecular complexity index is 330. The van der Waals surface area contributed by atoms with Crippen LogP contribution in [0.2, 0.25) is 0 Å². The minimum atomic E-state index is -0.363. The molecule has 0 N–H and O–H groups in total. The molecule has 0 unspecified atom stereocenters. The second-order valence-electron chi connectivity index (χ2n) is 2.70. The summed E-state index contributed by atoms with van der Waals surface area (Å²) in [6.45, 7) is 3.21. The largest absolute Gasteiger partial charge is 0.460 e. The van der Waals surface area contributed by atoms with E-state index < -0.39 is 0 Å². The van der Waals surface area contributed by atoms with E-state index in [9.17, 15) is 4.79 Å². The summed E-state index contributed by atoms with van der Waals surface area (Å²) in [6.07, 6.45) is 1.54. The summed E-state index contributed by atoms with van der Waals surface area (Å²) in [5.74, 6) is -0.363. The third-order valence-corrected chi connectivity index (χ3v) is 2.06. The van der Waals surface area contributed by atoms with Crippen LogP contribution in [0.3, 0.4) is 0 Å². The first kappa shape index (κ1) is 12.1. The van der Waals surface area contributed by atoms with Gasteiger partial charge in [0, 0.05) is 12.8 Å². The first-order valence-corrected chi connectivity index (χ1v) is 5.39. The molecule has 82 valence electrons. The van der Waals surface area contributed by atoms with Crippen LogP contribution in [0.1, 0.15) is 17.3 Å². The summed E-state index contributed by atoms with van der Waals surface area (Å²) in [6, 6.07) is 3.22. The van der Waals surface area contributed by atoms with Gasteiger partial charge in [-0.3, -0.25) is 0 Å². The van der Waals surface area contributed by atoms with Gasteiger partial charge in [-0.25, -0.2) is 9.78 Å². The summed E-state index contributed by atoms with van der Waals surface area (Å²) in [7, 11) is 0. The highest BCUT2D eigenvalue weighted by Crippen LogP contribution is 2.08. The number of carbonyl (C=O) groups is 1. The summed E-state index contributed by atoms with van der Waals surface area (Å²) < 4.78 is 10.6. The third kappa shape index (κ3) is 4.40. The number of halogens is 1. The van der Waals surface area contributed by atoms with Crippen molar-refractivity contribution in [1.82, 2.24) is 4.98 Å². The van der Waals surface area contributed by atoms with Gasteiger partial charge in [0.15, 0.2) is 0 Å². The van der Waals surface area contributed by atoms with Crippen LogP contribution in [0, 0.1) is 0 Å². The third-order valence-electron chi connectivity index (χ3n) is 1.63. The number of rotatable bonds is 5. The first-order chi connectivity index (χ1) is 7.24. The van der Waals surface area contributed by atoms with E-state index in [2.05, 4.69) is 20.9 Å². The molecule has 1 aromatic rings. The van der Waals surface area contributed by atoms with Gasteiger partial charge in [-0.1, -0.05) is 0 Å². The maximum absolute atomic E-state index is 11.4. The van der Waals surface area contributed by atoms with Crippen LogP contribution in [-0.2, 0) is 9.47 Å². The lowest BCUT2D eigenvalue weighted by Gasteiger charge is -2.04. The molecule has 0 aliphatic heterocycles. The van der Waals surface area contributed by atoms with Gasteiger partial charge in [-0.05, 0) is 35.0 Å². The first-order valence-electron chi connectivity index (χ1n) is 4.60. The van der Waals surface area contributed by atoms with Gasteiger partial charge in [0.25, 0.3) is 0 Å². The molecule has 1 rings (SSSR count). The van der Waals surface area contributed by atoms with Crippen molar-refractivity contribution in [3.8, 4) is 0 Å². The van der Waals surface area contributed by atoms with E-state index in [0.29, 0.717) is 23.4 Å². The Balaban J connectivity index is 2.40. The molecule has 0 saturated heterocycles. The van der Waals surface area contributed by atoms with Crippen molar-refractivity contribution in [2.75, 3.05) is 19.8 Å². The molecule has 1 aromatic heterocycles. The Kier molecular flexibility index (Phi) is 5.28. The Labute approximate surface area is 96.7 Å². The molecule has 4 nitrogen and oxygen atoms in total. The maximum atomic E-state index is 11.4. The summed E-state index contributed by atoms with van der Waals surface area (Å²) in [5, 5.41) is 0. The van der Waals surface area contributed by atoms with Crippen molar-refractivity contribution < 1.29 is 14.3 Å². The second-order valence-corrected chi connectivity index (χ2v) is 3.51. The molecule has 5 heteroatoms. The SMILES string of the molecule is CCOCCOC(=O)c1ccnc(Br)c1. The molecule has 0 aliphatic carbocycles. The van der Waals surface area contributed by atoms with E-state index >= 15 is 0 Å². The lowest BCUT2D eigenvalue weighted by atomic mass is 10.3. The molecule has 0 aromatic carbocycles. The number of ether oxygens (including phenoxy) is 2. The van der Waals surface area contributed by atoms with Crippen LogP contribution in [0.15, 0.2) is 22.9 Å². The number of esters is 1. The Morgan fingerprint density at radius 2 is 2.33 bits per heavy atom. The number of hydrogen-bond donors (Lipinski definition) is 0. The standard InChI is InChI=1S/C10H12BrNO3/c1-2-14-5-6-15-10(13)8-3-4-12-9(11)7-8/h3-4,7H,2,5-6H2,1H3. The fourth-order valence-corrected chi connectivity index (χ4v) is 1.32. The molecule has 0 spiro atoms. The molecule has 0 bridgehead atoms. The van der Waals surface area contributed by atoms with Crippen molar-refractivity contribution in [3.05, 3.63) is 28.5 Å². The molecule has 0 fully saturated rings. The number of carbonyl (C=O) groups excluding carboxylic acids is 1. The van der Waals surface area contributed by atoms with Crippen molar-refractivity contribution in [1.29, 1.82) is 0 Å². The minimum absolute atomic E-state index is 0.270. The lowest BCUT2D eigenvalue weighted by molar-refractivity contribution is 0.0335. The average Bonchev–Trinajstić information content (AvgIpc) is 2.24. The number of nitrogens with zero attached hydrogens (tertiary/aromatic N) is 1. The predicted octanol–water partition coefficient (Wildman–Crippen LogP) is 2.04. The zero-order valence-corrected chi connectivity index (χ0v) is 9.99. The highest BCUT2D eigenvalue weighted by atomic mass is 79.9. The number of aromatic nitrogens is 1. The van der Waals surface area contributed by atoms with Crippen molar-refractivity contribution >= 4 is 21.9 Å². The van der Waals surface area contributed by atoms with Crippen molar-refractivity contribution in [3.63, 3.8) is 0 Å². The monoisotopic (exact) mass is 273 g/mol. The molecular formula is C10H12BrNO3. The zero-order valence-electron chi connectivity index (χ0n) is 8.40. The van der Waals surface area contributed by atoms with E-state index in [-0.39, 0.29) is 12.6 Å². The molecule has 0 atom stereocenters. The van der Waals surface area contributed by atoms with E-state index in [1.165, 1.54) is 0 Å². The quantitative estimate of drug-likeness (QED) is 0.468. The molecule has 0 saturated carbocycles. The van der Waals surface area contributed by atoms with E-state index in [1.54, 1.807) is 18.3 Å². The summed E-state index contributed by atoms with van der Waals surface area (Å²) in [5.41, 5.74) is 0.480. The molecule has 1 heterocycles. The van der Waals surface area contributed by atoms with Gasteiger partial charge in [0.1, 0.15) is 11.2 Å². The summed E-state index contributed by atoms with van der Waals surface area (Å²) >= 11 is 3.18. The zero-order chi connectivity index (χ0) is 11.1. The van der Waals surface area contributed by atoms with E-state index in [1.807, 2.05) is 6.92 Å². The molecular weight excluding hydrogens is 262 g/mol. The number of hydrogen-bond acceptors (Lipinski definition) is 4. The average molecular weight is 274 g/mol. The highest BCUT2D eigenvalue weighted by molar-refractivity contribution is 9.10. The van der Waals surface area contributed by atoms with Crippen molar-refractivity contribution in [2.24, 2.45) is 0 Å². The minimum Gasteiger partial charge on any atom is -0.460 e. The second kappa shape index (κ2) is 6.53. The number of pyridine rings is 1. The predicted molar refractivity (Wildman–Crippen MR) is 58.7 cm³/mol. The maximum Gasteiger partial charge on any atom is 0.338 e. The Morgan fingerprint density at radius 1 is 1.53 bits per heavy atom. The van der Waals surface area contributed by atoms with Crippen molar-refractivity contribution in [2.45, 2.75) is 6.92 Å². The van der Waals surface area contributed by atoms with Crippen LogP contribution in [-0.4, -0.2) is 30.8 Å². The van der Waals surface area contributed by atoms with Crippen LogP contribution >= 0.6 is 15.9 Å². The molecule has 0 aliphatic rings. The van der Waals surface area contributed by atoms with E-state index in [0.717, 1.165) is 0 Å². The molecule has 15 heavy (non-hydrogen) atoms. The Morgan fingerprint density at radius 3 is 3.00 bits per heavy atom. The smallest absolute Gasteiger partial charge is 0.338 e. The van der Waals surface area contributed by atoms with E-state index in [4.69, 9.17) is 9.47 Å². The van der Waals surface area contributed by atoms with Crippen LogP contribution < -0.4 is 0 Å². The van der Waals surface area contributed by atoms with Gasteiger partial charge in [-0.15, -0.1) is 0 Å². The van der Waals surface area contributed by atoms with Gasteiger partial charge in [0.2, 0.25) is 0 Å². The normalized spacial score (nSPS) is 10.0. The van der Waals surface area contributed by atoms with Crippen LogP contribution in [0.25, 0.3) is 0 Å². The fourth-order valence-electron chi connectivity index (χ4n) is 0.950. The highest BCUT2D eigenvalue weighted by Gasteiger charge is 2.06. The van der Waals surface area contributed by atoms with Gasteiger partial charge in [-0.2, -0.15) is 0 Å². The summed E-state index contributed by atoms with van der Waals surface area (Å²) in [4.78, 5) is 15.3. The Hall–Kier alpha value is -0.940. The molecule has 0 radical (unpaired) electrons. The van der Waals surface area contributed by atoms with Gasteiger partial charge >= 0.3 is 5.97 Å². The fraction of sp³-hybridized carbons (Fsp3) is 0.400.